The van der Waals surface area contributed by atoms with Gasteiger partial charge < -0.3 is 19.6 Å². The Kier molecular flexibility index (Phi) is 13.4. The van der Waals surface area contributed by atoms with Crippen molar-refractivity contribution in [3.05, 3.63) is 125 Å². The van der Waals surface area contributed by atoms with Crippen LogP contribution in [-0.2, 0) is 29.6 Å². The Morgan fingerprint density at radius 2 is 1.67 bits per heavy atom. The Balaban J connectivity index is 0.656. The lowest BCUT2D eigenvalue weighted by Crippen LogP contribution is -2.49. The average molecular weight is 1000 g/mol. The van der Waals surface area contributed by atoms with Crippen molar-refractivity contribution in [2.45, 2.75) is 96.2 Å². The molecule has 3 aliphatic heterocycles. The first-order valence-corrected chi connectivity index (χ1v) is 26.6. The molecule has 3 N–H and O–H groups in total. The maximum Gasteiger partial charge on any atom is 0.355 e. The number of pyridine rings is 1. The summed E-state index contributed by atoms with van der Waals surface area (Å²) in [5.74, 6) is -0.175. The standard InChI is InChI=1S/C57H61N9O6S/c1-34-31-40(18-20-41(34)42-21-23-50(59-53(42)56(70)71)66-26-25-37-7-6-8-43(46(37)33-66)54(68)61-57-58-47-9-4-5-10-49(47)73-57)72-39-16-13-36(14-17-39)12-11-35(2)64-27-29-65(30-28-64)38-15-19-44-48(32-38)63(3)62-52(44)45-22-24-51(67)60-55(45)69/h4-10,15,18-21,23,31-32,35-36,39,45H,11-14,16-17,22,24-30,33H2,1-3H3,(H,70,71)(H,58,61,68)(H,60,67,69)/t35-,36?,39?,45-/m0/s1. The molecule has 11 rings (SSSR count). The lowest BCUT2D eigenvalue weighted by atomic mass is 9.83. The van der Waals surface area contributed by atoms with Gasteiger partial charge in [-0.05, 0) is 154 Å². The van der Waals surface area contributed by atoms with E-state index in [0.717, 1.165) is 107 Å². The largest absolute Gasteiger partial charge is 0.490 e. The minimum absolute atomic E-state index is 0.0135. The average Bonchev–Trinajstić information content (AvgIpc) is 3.97. The third-order valence-corrected chi connectivity index (χ3v) is 16.7. The highest BCUT2D eigenvalue weighted by Gasteiger charge is 2.33. The lowest BCUT2D eigenvalue weighted by Gasteiger charge is -2.39. The molecule has 0 radical (unpaired) electrons. The summed E-state index contributed by atoms with van der Waals surface area (Å²) >= 11 is 1.44. The van der Waals surface area contributed by atoms with Gasteiger partial charge in [-0.15, -0.1) is 0 Å². The monoisotopic (exact) mass is 999 g/mol. The van der Waals surface area contributed by atoms with E-state index in [1.54, 1.807) is 0 Å². The molecule has 73 heavy (non-hydrogen) atoms. The Labute approximate surface area is 428 Å². The maximum absolute atomic E-state index is 13.6. The van der Waals surface area contributed by atoms with E-state index < -0.39 is 11.9 Å². The number of nitrogens with one attached hydrogen (secondary N) is 2. The number of piperidine rings is 1. The van der Waals surface area contributed by atoms with Crippen molar-refractivity contribution in [3.63, 3.8) is 0 Å². The topological polar surface area (TPSA) is 175 Å². The highest BCUT2D eigenvalue weighted by atomic mass is 32.1. The minimum atomic E-state index is -1.10. The number of carbonyl (C=O) groups is 4. The Morgan fingerprint density at radius 3 is 2.45 bits per heavy atom. The number of carboxylic acids is 1. The molecule has 0 unspecified atom stereocenters. The van der Waals surface area contributed by atoms with Crippen LogP contribution in [0.15, 0.2) is 91.0 Å². The second kappa shape index (κ2) is 20.4. The van der Waals surface area contributed by atoms with Crippen molar-refractivity contribution in [1.29, 1.82) is 0 Å². The zero-order valence-corrected chi connectivity index (χ0v) is 42.4. The van der Waals surface area contributed by atoms with Crippen molar-refractivity contribution in [2.24, 2.45) is 13.0 Å². The summed E-state index contributed by atoms with van der Waals surface area (Å²) in [4.78, 5) is 67.3. The molecule has 4 aromatic carbocycles. The number of ether oxygens (including phenoxy) is 1. The van der Waals surface area contributed by atoms with Crippen molar-refractivity contribution >= 4 is 72.8 Å². The predicted octanol–water partition coefficient (Wildman–Crippen LogP) is 9.52. The summed E-state index contributed by atoms with van der Waals surface area (Å²) in [6.07, 6.45) is 8.36. The van der Waals surface area contributed by atoms with Gasteiger partial charge >= 0.3 is 5.97 Å². The smallest absolute Gasteiger partial charge is 0.355 e. The number of imide groups is 1. The van der Waals surface area contributed by atoms with Crippen LogP contribution in [0.4, 0.5) is 16.6 Å². The van der Waals surface area contributed by atoms with Crippen LogP contribution < -0.4 is 25.2 Å². The molecule has 16 heteroatoms. The number of aromatic nitrogens is 4. The quantitative estimate of drug-likeness (QED) is 0.0935. The van der Waals surface area contributed by atoms with E-state index in [-0.39, 0.29) is 29.5 Å². The van der Waals surface area contributed by atoms with Gasteiger partial charge in [0.25, 0.3) is 5.91 Å². The van der Waals surface area contributed by atoms with Gasteiger partial charge in [-0.1, -0.05) is 41.7 Å². The normalized spacial score (nSPS) is 20.0. The van der Waals surface area contributed by atoms with Gasteiger partial charge in [0, 0.05) is 81.0 Å². The number of piperazine rings is 1. The molecule has 3 amide bonds. The highest BCUT2D eigenvalue weighted by Crippen LogP contribution is 2.37. The second-order valence-corrected chi connectivity index (χ2v) is 21.4. The summed E-state index contributed by atoms with van der Waals surface area (Å²) in [6, 6.07) is 30.2. The molecule has 7 aromatic rings. The predicted molar refractivity (Wildman–Crippen MR) is 285 cm³/mol. The molecular formula is C57H61N9O6S. The van der Waals surface area contributed by atoms with Crippen molar-refractivity contribution in [2.75, 3.05) is 47.8 Å². The molecule has 3 fully saturated rings. The molecule has 0 spiro atoms. The highest BCUT2D eigenvalue weighted by molar-refractivity contribution is 7.22. The Hall–Kier alpha value is -7.17. The zero-order chi connectivity index (χ0) is 50.3. The van der Waals surface area contributed by atoms with Gasteiger partial charge in [0.15, 0.2) is 10.8 Å². The van der Waals surface area contributed by atoms with Gasteiger partial charge in [-0.3, -0.25) is 34.6 Å². The van der Waals surface area contributed by atoms with Crippen molar-refractivity contribution in [1.82, 2.24) is 30.0 Å². The number of nitrogens with zero attached hydrogens (tertiary/aromatic N) is 7. The fraction of sp³-hybridized carbons (Fsp3) is 0.386. The zero-order valence-electron chi connectivity index (χ0n) is 41.6. The fourth-order valence-corrected chi connectivity index (χ4v) is 12.5. The van der Waals surface area contributed by atoms with Crippen molar-refractivity contribution in [3.8, 4) is 16.9 Å². The van der Waals surface area contributed by atoms with Crippen LogP contribution in [0.25, 0.3) is 32.2 Å². The van der Waals surface area contributed by atoms with Gasteiger partial charge in [-0.25, -0.2) is 14.8 Å². The lowest BCUT2D eigenvalue weighted by molar-refractivity contribution is -0.134. The second-order valence-electron chi connectivity index (χ2n) is 20.3. The van der Waals surface area contributed by atoms with E-state index in [2.05, 4.69) is 50.5 Å². The number of aromatic carboxylic acids is 1. The SMILES string of the molecule is Cc1cc(OC2CCC(CC[C@H](C)N3CCN(c4ccc5c([C@@H]6CCC(=O)NC6=O)nn(C)c5c4)CC3)CC2)ccc1-c1ccc(N2CCc3cccc(C(=O)Nc4nc5ccccc5s4)c3C2)nc1C(=O)O. The van der Waals surface area contributed by atoms with Crippen LogP contribution in [0.2, 0.25) is 0 Å². The van der Waals surface area contributed by atoms with E-state index >= 15 is 0 Å². The van der Waals surface area contributed by atoms with Gasteiger partial charge in [0.2, 0.25) is 11.8 Å². The van der Waals surface area contributed by atoms with Crippen LogP contribution >= 0.6 is 11.3 Å². The van der Waals surface area contributed by atoms with E-state index in [9.17, 15) is 24.3 Å². The van der Waals surface area contributed by atoms with Crippen LogP contribution in [0.3, 0.4) is 0 Å². The molecule has 376 valence electrons. The number of aryl methyl sites for hydroxylation is 2. The number of carboxylic acid groups (broad SMARTS) is 1. The molecule has 6 heterocycles. The number of anilines is 3. The number of benzene rings is 4. The summed E-state index contributed by atoms with van der Waals surface area (Å²) in [5.41, 5.74) is 8.56. The van der Waals surface area contributed by atoms with Crippen LogP contribution in [0.1, 0.15) is 107 Å². The number of rotatable bonds is 13. The maximum atomic E-state index is 13.6. The number of hydrogen-bond acceptors (Lipinski definition) is 12. The molecule has 0 bridgehead atoms. The summed E-state index contributed by atoms with van der Waals surface area (Å²) < 4.78 is 9.43. The molecular weight excluding hydrogens is 939 g/mol. The first kappa shape index (κ1) is 48.1. The Bertz CT molecular complexity index is 3230. The molecule has 15 nitrogen and oxygen atoms in total. The third kappa shape index (κ3) is 10.0. The molecule has 1 aliphatic carbocycles. The molecule has 2 atom stereocenters. The van der Waals surface area contributed by atoms with Crippen LogP contribution in [-0.4, -0.2) is 98.3 Å². The van der Waals surface area contributed by atoms with Gasteiger partial charge in [-0.2, -0.15) is 5.10 Å². The summed E-state index contributed by atoms with van der Waals surface area (Å²) in [7, 11) is 1.92. The number of hydrogen-bond donors (Lipinski definition) is 3. The first-order chi connectivity index (χ1) is 35.4. The van der Waals surface area contributed by atoms with Crippen LogP contribution in [0, 0.1) is 12.8 Å². The molecule has 4 aliphatic rings. The molecule has 2 saturated heterocycles. The van der Waals surface area contributed by atoms with Crippen molar-refractivity contribution < 1.29 is 29.0 Å². The van der Waals surface area contributed by atoms with E-state index in [4.69, 9.17) is 14.8 Å². The number of amides is 3. The molecule has 3 aromatic heterocycles. The van der Waals surface area contributed by atoms with E-state index in [0.29, 0.717) is 66.4 Å². The van der Waals surface area contributed by atoms with Gasteiger partial charge in [0.1, 0.15) is 11.6 Å². The number of thiazole rings is 1. The fourth-order valence-electron chi connectivity index (χ4n) is 11.6. The number of fused-ring (bicyclic) bond motifs is 3. The van der Waals surface area contributed by atoms with Gasteiger partial charge in [0.05, 0.1) is 33.4 Å². The first-order valence-electron chi connectivity index (χ1n) is 25.8. The third-order valence-electron chi connectivity index (χ3n) is 15.8. The number of para-hydroxylation sites is 1. The summed E-state index contributed by atoms with van der Waals surface area (Å²) in [6.45, 7) is 9.34. The number of carbonyl (C=O) groups excluding carboxylic acids is 3. The van der Waals surface area contributed by atoms with E-state index in [1.807, 2.05) is 96.3 Å². The summed E-state index contributed by atoms with van der Waals surface area (Å²) in [5, 5.41) is 22.2. The molecule has 1 saturated carbocycles. The van der Waals surface area contributed by atoms with Crippen LogP contribution in [0.5, 0.6) is 5.75 Å². The minimum Gasteiger partial charge on any atom is -0.490 e. The van der Waals surface area contributed by atoms with E-state index in [1.165, 1.54) is 29.9 Å². The Morgan fingerprint density at radius 1 is 0.863 bits per heavy atom.